The van der Waals surface area contributed by atoms with Gasteiger partial charge in [-0.25, -0.2) is 0 Å². The largest absolute Gasteiger partial charge is 0.384 e. The third kappa shape index (κ3) is 4.64. The van der Waals surface area contributed by atoms with Gasteiger partial charge < -0.3 is 15.4 Å². The van der Waals surface area contributed by atoms with Gasteiger partial charge in [-0.1, -0.05) is 19.8 Å². The molecule has 0 saturated carbocycles. The molecule has 0 radical (unpaired) electrons. The molecule has 1 amide bonds. The Hall–Kier alpha value is -0.610. The van der Waals surface area contributed by atoms with E-state index < -0.39 is 0 Å². The summed E-state index contributed by atoms with van der Waals surface area (Å²) in [4.78, 5) is 14.0. The molecule has 1 atom stereocenters. The van der Waals surface area contributed by atoms with E-state index in [1.807, 2.05) is 4.90 Å². The van der Waals surface area contributed by atoms with Crippen LogP contribution >= 0.6 is 0 Å². The SMILES string of the molecule is CCCCC(N)C(=O)N1CCC(COC)CC1. The molecule has 1 aliphatic heterocycles. The lowest BCUT2D eigenvalue weighted by molar-refractivity contribution is -0.134. The highest BCUT2D eigenvalue weighted by molar-refractivity contribution is 5.81. The third-order valence-electron chi connectivity index (χ3n) is 3.51. The summed E-state index contributed by atoms with van der Waals surface area (Å²) in [5.41, 5.74) is 5.91. The van der Waals surface area contributed by atoms with Crippen LogP contribution < -0.4 is 5.73 Å². The number of rotatable bonds is 6. The number of nitrogens with zero attached hydrogens (tertiary/aromatic N) is 1. The molecule has 17 heavy (non-hydrogen) atoms. The van der Waals surface area contributed by atoms with E-state index in [9.17, 15) is 4.79 Å². The number of unbranched alkanes of at least 4 members (excludes halogenated alkanes) is 1. The van der Waals surface area contributed by atoms with Gasteiger partial charge in [-0.3, -0.25) is 4.79 Å². The van der Waals surface area contributed by atoms with Crippen LogP contribution in [0.5, 0.6) is 0 Å². The molecule has 4 heteroatoms. The Balaban J connectivity index is 2.30. The molecule has 1 unspecified atom stereocenters. The predicted molar refractivity (Wildman–Crippen MR) is 68.7 cm³/mol. The second-order valence-corrected chi connectivity index (χ2v) is 4.97. The maximum absolute atomic E-state index is 12.0. The molecule has 0 aromatic rings. The number of carbonyl (C=O) groups is 1. The van der Waals surface area contributed by atoms with Crippen LogP contribution in [0.25, 0.3) is 0 Å². The zero-order valence-electron chi connectivity index (χ0n) is 11.2. The normalized spacial score (nSPS) is 19.4. The maximum Gasteiger partial charge on any atom is 0.239 e. The second-order valence-electron chi connectivity index (χ2n) is 4.97. The van der Waals surface area contributed by atoms with Gasteiger partial charge in [0, 0.05) is 26.8 Å². The van der Waals surface area contributed by atoms with E-state index >= 15 is 0 Å². The summed E-state index contributed by atoms with van der Waals surface area (Å²) in [6.45, 7) is 4.61. The predicted octanol–water partition coefficient (Wildman–Crippen LogP) is 1.39. The molecule has 4 nitrogen and oxygen atoms in total. The number of nitrogens with two attached hydrogens (primary N) is 1. The van der Waals surface area contributed by atoms with Gasteiger partial charge in [-0.15, -0.1) is 0 Å². The fourth-order valence-electron chi connectivity index (χ4n) is 2.34. The van der Waals surface area contributed by atoms with Gasteiger partial charge in [0.2, 0.25) is 5.91 Å². The molecular formula is C13H26N2O2. The van der Waals surface area contributed by atoms with Gasteiger partial charge >= 0.3 is 0 Å². The first-order chi connectivity index (χ1) is 8.19. The Labute approximate surface area is 104 Å². The van der Waals surface area contributed by atoms with Crippen LogP contribution in [0.2, 0.25) is 0 Å². The standard InChI is InChI=1S/C13H26N2O2/c1-3-4-5-12(14)13(16)15-8-6-11(7-9-15)10-17-2/h11-12H,3-10,14H2,1-2H3. The Bertz CT molecular complexity index is 225. The van der Waals surface area contributed by atoms with Crippen molar-refractivity contribution in [1.29, 1.82) is 0 Å². The summed E-state index contributed by atoms with van der Waals surface area (Å²) >= 11 is 0. The van der Waals surface area contributed by atoms with Crippen LogP contribution in [0.15, 0.2) is 0 Å². The highest BCUT2D eigenvalue weighted by Crippen LogP contribution is 2.18. The molecule has 0 aromatic carbocycles. The van der Waals surface area contributed by atoms with Gasteiger partial charge in [-0.05, 0) is 25.2 Å². The quantitative estimate of drug-likeness (QED) is 0.765. The number of methoxy groups -OCH3 is 1. The second kappa shape index (κ2) is 7.67. The van der Waals surface area contributed by atoms with Crippen LogP contribution in [0, 0.1) is 5.92 Å². The minimum Gasteiger partial charge on any atom is -0.384 e. The van der Waals surface area contributed by atoms with Crippen molar-refractivity contribution in [3.05, 3.63) is 0 Å². The highest BCUT2D eigenvalue weighted by atomic mass is 16.5. The molecule has 0 aromatic heterocycles. The number of amides is 1. The maximum atomic E-state index is 12.0. The van der Waals surface area contributed by atoms with Crippen molar-refractivity contribution in [1.82, 2.24) is 4.90 Å². The van der Waals surface area contributed by atoms with Gasteiger partial charge in [-0.2, -0.15) is 0 Å². The highest BCUT2D eigenvalue weighted by Gasteiger charge is 2.25. The number of hydrogen-bond acceptors (Lipinski definition) is 3. The minimum absolute atomic E-state index is 0.134. The van der Waals surface area contributed by atoms with Crippen molar-refractivity contribution in [2.24, 2.45) is 11.7 Å². The zero-order chi connectivity index (χ0) is 12.7. The van der Waals surface area contributed by atoms with E-state index in [1.165, 1.54) is 0 Å². The lowest BCUT2D eigenvalue weighted by Crippen LogP contribution is -2.47. The number of carbonyl (C=O) groups excluding carboxylic acids is 1. The van der Waals surface area contributed by atoms with Gasteiger partial charge in [0.15, 0.2) is 0 Å². The van der Waals surface area contributed by atoms with Crippen LogP contribution in [0.3, 0.4) is 0 Å². The van der Waals surface area contributed by atoms with E-state index in [0.29, 0.717) is 5.92 Å². The van der Waals surface area contributed by atoms with Crippen molar-refractivity contribution < 1.29 is 9.53 Å². The summed E-state index contributed by atoms with van der Waals surface area (Å²) in [6.07, 6.45) is 5.03. The van der Waals surface area contributed by atoms with Gasteiger partial charge in [0.1, 0.15) is 0 Å². The molecule has 1 heterocycles. The lowest BCUT2D eigenvalue weighted by atomic mass is 9.97. The van der Waals surface area contributed by atoms with E-state index in [4.69, 9.17) is 10.5 Å². The molecule has 1 saturated heterocycles. The van der Waals surface area contributed by atoms with Crippen LogP contribution in [-0.2, 0) is 9.53 Å². The van der Waals surface area contributed by atoms with E-state index in [0.717, 1.165) is 51.8 Å². The summed E-state index contributed by atoms with van der Waals surface area (Å²) in [6, 6.07) is -0.297. The fourth-order valence-corrected chi connectivity index (χ4v) is 2.34. The number of likely N-dealkylation sites (tertiary alicyclic amines) is 1. The van der Waals surface area contributed by atoms with Crippen LogP contribution in [0.4, 0.5) is 0 Å². The molecular weight excluding hydrogens is 216 g/mol. The Morgan fingerprint density at radius 2 is 2.12 bits per heavy atom. The summed E-state index contributed by atoms with van der Waals surface area (Å²) in [5, 5.41) is 0. The smallest absolute Gasteiger partial charge is 0.239 e. The van der Waals surface area contributed by atoms with E-state index in [1.54, 1.807) is 7.11 Å². The van der Waals surface area contributed by atoms with Crippen molar-refractivity contribution in [3.8, 4) is 0 Å². The van der Waals surface area contributed by atoms with Crippen molar-refractivity contribution in [3.63, 3.8) is 0 Å². The summed E-state index contributed by atoms with van der Waals surface area (Å²) in [7, 11) is 1.73. The molecule has 1 aliphatic rings. The molecule has 0 spiro atoms. The molecule has 0 bridgehead atoms. The fraction of sp³-hybridized carbons (Fsp3) is 0.923. The zero-order valence-corrected chi connectivity index (χ0v) is 11.2. The average molecular weight is 242 g/mol. The van der Waals surface area contributed by atoms with E-state index in [-0.39, 0.29) is 11.9 Å². The lowest BCUT2D eigenvalue weighted by Gasteiger charge is -2.33. The first-order valence-electron chi connectivity index (χ1n) is 6.72. The van der Waals surface area contributed by atoms with Crippen LogP contribution in [0.1, 0.15) is 39.0 Å². The van der Waals surface area contributed by atoms with Crippen molar-refractivity contribution >= 4 is 5.91 Å². The Kier molecular flexibility index (Phi) is 6.52. The Morgan fingerprint density at radius 3 is 2.65 bits per heavy atom. The first kappa shape index (κ1) is 14.5. The first-order valence-corrected chi connectivity index (χ1v) is 6.72. The number of piperidine rings is 1. The molecule has 2 N–H and O–H groups in total. The topological polar surface area (TPSA) is 55.6 Å². The number of ether oxygens (including phenoxy) is 1. The monoisotopic (exact) mass is 242 g/mol. The van der Waals surface area contributed by atoms with Crippen LogP contribution in [-0.4, -0.2) is 43.7 Å². The van der Waals surface area contributed by atoms with E-state index in [2.05, 4.69) is 6.92 Å². The summed E-state index contributed by atoms with van der Waals surface area (Å²) < 4.78 is 5.15. The Morgan fingerprint density at radius 1 is 1.47 bits per heavy atom. The number of hydrogen-bond donors (Lipinski definition) is 1. The third-order valence-corrected chi connectivity index (χ3v) is 3.51. The molecule has 1 fully saturated rings. The minimum atomic E-state index is -0.297. The average Bonchev–Trinajstić information content (AvgIpc) is 2.36. The molecule has 1 rings (SSSR count). The van der Waals surface area contributed by atoms with Crippen molar-refractivity contribution in [2.45, 2.75) is 45.1 Å². The summed E-state index contributed by atoms with van der Waals surface area (Å²) in [5.74, 6) is 0.741. The molecule has 100 valence electrons. The van der Waals surface area contributed by atoms with Gasteiger partial charge in [0.05, 0.1) is 6.04 Å². The van der Waals surface area contributed by atoms with Gasteiger partial charge in [0.25, 0.3) is 0 Å². The molecule has 0 aliphatic carbocycles. The van der Waals surface area contributed by atoms with Crippen molar-refractivity contribution in [2.75, 3.05) is 26.8 Å².